The Bertz CT molecular complexity index is 1790. The first-order chi connectivity index (χ1) is 26.5. The van der Waals surface area contributed by atoms with Crippen molar-refractivity contribution in [2.45, 2.75) is 69.1 Å². The third-order valence-electron chi connectivity index (χ3n) is 8.59. The van der Waals surface area contributed by atoms with Crippen molar-refractivity contribution in [3.8, 4) is 0 Å². The maximum absolute atomic E-state index is 14.0. The Morgan fingerprint density at radius 3 is 2.11 bits per heavy atom. The molecular weight excluding hydrogens is 712 g/mol. The lowest BCUT2D eigenvalue weighted by atomic mass is 10.0. The van der Waals surface area contributed by atoms with Gasteiger partial charge in [-0.15, -0.1) is 0 Å². The topological polar surface area (TPSA) is 275 Å². The van der Waals surface area contributed by atoms with Crippen LogP contribution >= 0.6 is 0 Å². The van der Waals surface area contributed by atoms with Crippen LogP contribution in [0.4, 0.5) is 0 Å². The third kappa shape index (κ3) is 14.4. The van der Waals surface area contributed by atoms with Gasteiger partial charge in [-0.2, -0.15) is 0 Å². The lowest BCUT2D eigenvalue weighted by Crippen LogP contribution is -2.58. The molecule has 4 atom stereocenters. The fraction of sp³-hybridized carbons (Fsp3) is 0.378. The number of H-pyrrole nitrogens is 1. The molecule has 2 heterocycles. The van der Waals surface area contributed by atoms with Crippen molar-refractivity contribution >= 4 is 47.3 Å². The first-order valence-electron chi connectivity index (χ1n) is 17.8. The van der Waals surface area contributed by atoms with Gasteiger partial charge in [0.1, 0.15) is 24.2 Å². The van der Waals surface area contributed by atoms with Crippen LogP contribution in [0.15, 0.2) is 73.2 Å². The Hall–Kier alpha value is -6.59. The largest absolute Gasteiger partial charge is 0.368 e. The quantitative estimate of drug-likeness (QED) is 0.102. The fourth-order valence-electron chi connectivity index (χ4n) is 5.69. The van der Waals surface area contributed by atoms with Crippen LogP contribution in [0.25, 0.3) is 0 Å². The summed E-state index contributed by atoms with van der Waals surface area (Å²) < 4.78 is 0. The number of rotatable bonds is 11. The van der Waals surface area contributed by atoms with E-state index in [0.29, 0.717) is 17.7 Å². The van der Waals surface area contributed by atoms with E-state index in [2.05, 4.69) is 47.2 Å². The van der Waals surface area contributed by atoms with Crippen molar-refractivity contribution in [3.63, 3.8) is 0 Å². The van der Waals surface area contributed by atoms with Gasteiger partial charge < -0.3 is 47.9 Å². The first-order valence-corrected chi connectivity index (χ1v) is 17.8. The SMILES string of the molecule is NC(=O)CNC(=O)[C@@H]1CCNC(=O)CC[C@H](NC(=O)CCc2ccccc2)C(=O)N[C@@H](Cc2cnc[nH]2)C(=O)N[C@H](Cc2ccccc2)C(=O)NCC(=O)N1. The molecule has 10 N–H and O–H groups in total. The molecule has 18 heteroatoms. The molecule has 18 nitrogen and oxygen atoms in total. The number of imidazole rings is 1. The third-order valence-corrected chi connectivity index (χ3v) is 8.59. The summed E-state index contributed by atoms with van der Waals surface area (Å²) in [5.41, 5.74) is 7.22. The molecule has 1 aromatic heterocycles. The molecule has 4 rings (SSSR count). The monoisotopic (exact) mass is 758 g/mol. The molecular formula is C37H46N10O8. The number of primary amides is 1. The van der Waals surface area contributed by atoms with Gasteiger partial charge in [0.05, 0.1) is 19.4 Å². The van der Waals surface area contributed by atoms with Crippen molar-refractivity contribution in [2.75, 3.05) is 19.6 Å². The van der Waals surface area contributed by atoms with Crippen LogP contribution < -0.4 is 43.0 Å². The molecule has 8 amide bonds. The summed E-state index contributed by atoms with van der Waals surface area (Å²) in [4.78, 5) is 111. The summed E-state index contributed by atoms with van der Waals surface area (Å²) in [6.45, 7) is -1.20. The van der Waals surface area contributed by atoms with Gasteiger partial charge >= 0.3 is 0 Å². The maximum Gasteiger partial charge on any atom is 0.243 e. The number of carbonyl (C=O) groups is 8. The molecule has 0 unspecified atom stereocenters. The average molecular weight is 759 g/mol. The number of aryl methyl sites for hydroxylation is 1. The highest BCUT2D eigenvalue weighted by Gasteiger charge is 2.31. The second-order valence-corrected chi connectivity index (χ2v) is 12.9. The van der Waals surface area contributed by atoms with E-state index in [1.807, 2.05) is 30.3 Å². The van der Waals surface area contributed by atoms with Gasteiger partial charge in [-0.05, 0) is 30.4 Å². The Kier molecular flexibility index (Phi) is 15.9. The molecule has 292 valence electrons. The van der Waals surface area contributed by atoms with E-state index in [1.54, 1.807) is 30.3 Å². The molecule has 55 heavy (non-hydrogen) atoms. The molecule has 3 aromatic rings. The standard InChI is InChI=1S/C37H46N10O8/c38-30(48)20-41-34(52)27-15-16-40-31(49)14-12-26(44-32(50)13-11-23-7-3-1-4-8-23)36(54)47-29(18-25-19-39-22-43-25)37(55)46-28(17-24-9-5-2-6-10-24)35(53)42-21-33(51)45-27/h1-10,19,22,26-29H,11-18,20-21H2,(H2,38,48)(H,39,43)(H,40,49)(H,41,52)(H,42,53)(H,44,50)(H,45,51)(H,46,55)(H,47,54)/t26-,27-,28+,29-/m0/s1. The smallest absolute Gasteiger partial charge is 0.243 e. The van der Waals surface area contributed by atoms with E-state index in [1.165, 1.54) is 12.5 Å². The van der Waals surface area contributed by atoms with Gasteiger partial charge in [0.15, 0.2) is 0 Å². The van der Waals surface area contributed by atoms with Crippen molar-refractivity contribution < 1.29 is 38.4 Å². The number of benzene rings is 2. The first kappa shape index (κ1) is 41.2. The molecule has 1 aliphatic heterocycles. The zero-order valence-corrected chi connectivity index (χ0v) is 30.1. The van der Waals surface area contributed by atoms with Gasteiger partial charge in [0, 0.05) is 44.1 Å². The lowest BCUT2D eigenvalue weighted by molar-refractivity contribution is -0.134. The number of aromatic nitrogens is 2. The van der Waals surface area contributed by atoms with Crippen LogP contribution in [0.3, 0.4) is 0 Å². The molecule has 1 saturated heterocycles. The highest BCUT2D eigenvalue weighted by molar-refractivity contribution is 5.96. The van der Waals surface area contributed by atoms with E-state index in [9.17, 15) is 38.4 Å². The van der Waals surface area contributed by atoms with Gasteiger partial charge in [-0.1, -0.05) is 60.7 Å². The highest BCUT2D eigenvalue weighted by Crippen LogP contribution is 2.09. The number of amides is 8. The summed E-state index contributed by atoms with van der Waals surface area (Å²) in [5.74, 6) is -5.56. The van der Waals surface area contributed by atoms with Gasteiger partial charge in [0.2, 0.25) is 47.3 Å². The average Bonchev–Trinajstić information content (AvgIpc) is 3.69. The number of hydrogen-bond donors (Lipinski definition) is 9. The van der Waals surface area contributed by atoms with Crippen molar-refractivity contribution in [1.82, 2.24) is 47.2 Å². The van der Waals surface area contributed by atoms with Gasteiger partial charge in [-0.25, -0.2) is 4.98 Å². The van der Waals surface area contributed by atoms with Crippen LogP contribution in [0.5, 0.6) is 0 Å². The van der Waals surface area contributed by atoms with Crippen molar-refractivity contribution in [2.24, 2.45) is 5.73 Å². The number of nitrogens with one attached hydrogen (secondary N) is 8. The molecule has 0 radical (unpaired) electrons. The number of nitrogens with two attached hydrogens (primary N) is 1. The predicted octanol–water partition coefficient (Wildman–Crippen LogP) is -2.22. The van der Waals surface area contributed by atoms with Crippen LogP contribution in [0.1, 0.15) is 42.5 Å². The van der Waals surface area contributed by atoms with E-state index >= 15 is 0 Å². The van der Waals surface area contributed by atoms with Crippen LogP contribution in [-0.2, 0) is 57.6 Å². The predicted molar refractivity (Wildman–Crippen MR) is 197 cm³/mol. The van der Waals surface area contributed by atoms with Crippen molar-refractivity contribution in [1.29, 1.82) is 0 Å². The normalized spacial score (nSPS) is 20.5. The number of hydrogen-bond acceptors (Lipinski definition) is 9. The van der Waals surface area contributed by atoms with E-state index in [4.69, 9.17) is 5.73 Å². The molecule has 0 spiro atoms. The summed E-state index contributed by atoms with van der Waals surface area (Å²) in [7, 11) is 0. The van der Waals surface area contributed by atoms with Crippen LogP contribution in [0, 0.1) is 0 Å². The Labute approximate surface area is 316 Å². The van der Waals surface area contributed by atoms with E-state index in [-0.39, 0.29) is 45.1 Å². The van der Waals surface area contributed by atoms with E-state index < -0.39 is 84.5 Å². The molecule has 0 aliphatic carbocycles. The number of nitrogens with zero attached hydrogens (tertiary/aromatic N) is 1. The summed E-state index contributed by atoms with van der Waals surface area (Å²) >= 11 is 0. The number of carbonyl (C=O) groups excluding carboxylic acids is 8. The molecule has 0 saturated carbocycles. The maximum atomic E-state index is 14.0. The Morgan fingerprint density at radius 1 is 0.764 bits per heavy atom. The Balaban J connectivity index is 1.61. The second kappa shape index (κ2) is 21.2. The minimum absolute atomic E-state index is 0.0107. The minimum atomic E-state index is -1.28. The molecule has 1 fully saturated rings. The van der Waals surface area contributed by atoms with Crippen LogP contribution in [0.2, 0.25) is 0 Å². The summed E-state index contributed by atoms with van der Waals surface area (Å²) in [5, 5.41) is 18.0. The Morgan fingerprint density at radius 2 is 1.44 bits per heavy atom. The highest BCUT2D eigenvalue weighted by atomic mass is 16.2. The minimum Gasteiger partial charge on any atom is -0.368 e. The fourth-order valence-corrected chi connectivity index (χ4v) is 5.69. The lowest BCUT2D eigenvalue weighted by Gasteiger charge is -2.25. The zero-order valence-electron chi connectivity index (χ0n) is 30.1. The molecule has 0 bridgehead atoms. The van der Waals surface area contributed by atoms with Gasteiger partial charge in [0.25, 0.3) is 0 Å². The van der Waals surface area contributed by atoms with Crippen molar-refractivity contribution in [3.05, 3.63) is 90.0 Å². The van der Waals surface area contributed by atoms with E-state index in [0.717, 1.165) is 5.56 Å². The zero-order chi connectivity index (χ0) is 39.6. The van der Waals surface area contributed by atoms with Crippen LogP contribution in [-0.4, -0.2) is 101 Å². The molecule has 1 aliphatic rings. The van der Waals surface area contributed by atoms with Gasteiger partial charge in [-0.3, -0.25) is 38.4 Å². The summed E-state index contributed by atoms with van der Waals surface area (Å²) in [6.07, 6.45) is 2.72. The second-order valence-electron chi connectivity index (χ2n) is 12.9. The molecule has 2 aromatic carbocycles. The number of aromatic amines is 1. The summed E-state index contributed by atoms with van der Waals surface area (Å²) in [6, 6.07) is 13.1.